The minimum atomic E-state index is -0.207. The van der Waals surface area contributed by atoms with Crippen LogP contribution in [-0.2, 0) is 0 Å². The Labute approximate surface area is 285 Å². The lowest BCUT2D eigenvalue weighted by molar-refractivity contribution is 0.0984. The van der Waals surface area contributed by atoms with Crippen molar-refractivity contribution in [2.75, 3.05) is 23.4 Å². The molecule has 5 aliphatic rings. The second kappa shape index (κ2) is 11.2. The van der Waals surface area contributed by atoms with Crippen molar-refractivity contribution in [3.05, 3.63) is 78.2 Å². The van der Waals surface area contributed by atoms with Gasteiger partial charge in [0.25, 0.3) is 5.91 Å². The van der Waals surface area contributed by atoms with Gasteiger partial charge in [0.2, 0.25) is 5.88 Å². The summed E-state index contributed by atoms with van der Waals surface area (Å²) in [6.45, 7) is 6.01. The minimum absolute atomic E-state index is 0.0120. The average Bonchev–Trinajstić information content (AvgIpc) is 4.05. The van der Waals surface area contributed by atoms with Gasteiger partial charge in [-0.2, -0.15) is 0 Å². The van der Waals surface area contributed by atoms with Crippen molar-refractivity contribution in [1.82, 2.24) is 29.5 Å². The number of rotatable bonds is 6. The fourth-order valence-corrected chi connectivity index (χ4v) is 9.81. The molecule has 2 unspecified atom stereocenters. The summed E-state index contributed by atoms with van der Waals surface area (Å²) >= 11 is 1.21. The normalized spacial score (nSPS) is 24.6. The minimum Gasteiger partial charge on any atom is -0.477 e. The molecule has 4 aromatic heterocycles. The maximum atomic E-state index is 13.8. The first kappa shape index (κ1) is 30.0. The summed E-state index contributed by atoms with van der Waals surface area (Å²) in [7, 11) is 0. The lowest BCUT2D eigenvalue weighted by atomic mass is 9.91. The molecule has 0 aromatic carbocycles. The number of aromatic nitrogens is 5. The third kappa shape index (κ3) is 5.21. The first-order valence-electron chi connectivity index (χ1n) is 17.4. The van der Waals surface area contributed by atoms with E-state index in [2.05, 4.69) is 39.8 Å². The van der Waals surface area contributed by atoms with E-state index < -0.39 is 0 Å². The lowest BCUT2D eigenvalue weighted by Gasteiger charge is -2.34. The number of ether oxygens (including phenoxy) is 1. The van der Waals surface area contributed by atoms with E-state index in [1.54, 1.807) is 4.68 Å². The Balaban J connectivity index is 0.984. The first-order chi connectivity index (χ1) is 23.3. The molecule has 6 heterocycles. The van der Waals surface area contributed by atoms with Gasteiger partial charge in [-0.15, -0.1) is 5.10 Å². The Bertz CT molecular complexity index is 1830. The van der Waals surface area contributed by atoms with Gasteiger partial charge in [-0.3, -0.25) is 14.5 Å². The maximum Gasteiger partial charge on any atom is 0.265 e. The van der Waals surface area contributed by atoms with Crippen molar-refractivity contribution in [2.24, 2.45) is 22.7 Å². The number of nitrogens with zero attached hydrogens (tertiary/aromatic N) is 6. The average molecular weight is 663 g/mol. The van der Waals surface area contributed by atoms with Crippen LogP contribution < -0.4 is 19.7 Å². The first-order valence-corrected chi connectivity index (χ1v) is 18.2. The monoisotopic (exact) mass is 662 g/mol. The van der Waals surface area contributed by atoms with Gasteiger partial charge in [-0.1, -0.05) is 12.1 Å². The molecule has 9 rings (SSSR count). The Kier molecular flexibility index (Phi) is 7.01. The quantitative estimate of drug-likeness (QED) is 0.211. The molecule has 4 fully saturated rings. The zero-order chi connectivity index (χ0) is 32.5. The summed E-state index contributed by atoms with van der Waals surface area (Å²) in [5.41, 5.74) is 2.72. The number of anilines is 2. The molecule has 2 N–H and O–H groups in total. The zero-order valence-corrected chi connectivity index (χ0v) is 28.4. The van der Waals surface area contributed by atoms with Crippen LogP contribution in [0.25, 0.3) is 5.82 Å². The Morgan fingerprint density at radius 2 is 1.83 bits per heavy atom. The SMILES string of the molecule is CC1(C)CC2CCC(c3ccccn3)Nc3cccc(n3)SNC(=O)c3ccc(-n4ccc(OCCC5C6(CC6)C56CC6)n4)nc3N1C2. The molecule has 0 radical (unpaired) electrons. The number of hydrogen-bond acceptors (Lipinski definition) is 9. The molecule has 10 nitrogen and oxygen atoms in total. The highest BCUT2D eigenvalue weighted by molar-refractivity contribution is 7.97. The lowest BCUT2D eigenvalue weighted by Crippen LogP contribution is -2.40. The summed E-state index contributed by atoms with van der Waals surface area (Å²) in [6.07, 6.45) is 13.5. The van der Waals surface area contributed by atoms with Gasteiger partial charge in [0.05, 0.1) is 23.9 Å². The summed E-state index contributed by atoms with van der Waals surface area (Å²) < 4.78 is 10.9. The molecule has 3 aliphatic carbocycles. The van der Waals surface area contributed by atoms with Crippen molar-refractivity contribution in [1.29, 1.82) is 0 Å². The van der Waals surface area contributed by atoms with Crippen LogP contribution in [-0.4, -0.2) is 49.3 Å². The number of amides is 1. The van der Waals surface area contributed by atoms with E-state index in [9.17, 15) is 4.79 Å². The van der Waals surface area contributed by atoms with Crippen LogP contribution in [0, 0.1) is 22.7 Å². The molecule has 3 saturated carbocycles. The van der Waals surface area contributed by atoms with Gasteiger partial charge in [-0.25, -0.2) is 14.6 Å². The second-order valence-electron chi connectivity index (χ2n) is 15.1. The van der Waals surface area contributed by atoms with Crippen LogP contribution in [0.4, 0.5) is 11.6 Å². The molecule has 1 saturated heterocycles. The van der Waals surface area contributed by atoms with Crippen LogP contribution in [0.15, 0.2) is 72.0 Å². The van der Waals surface area contributed by atoms with Crippen molar-refractivity contribution >= 4 is 29.5 Å². The molecule has 248 valence electrons. The number of carbonyl (C=O) groups is 1. The van der Waals surface area contributed by atoms with Gasteiger partial charge < -0.3 is 15.0 Å². The van der Waals surface area contributed by atoms with Crippen LogP contribution >= 0.6 is 11.9 Å². The number of hydrogen-bond donors (Lipinski definition) is 2. The summed E-state index contributed by atoms with van der Waals surface area (Å²) in [5.74, 6) is 3.76. The third-order valence-electron chi connectivity index (χ3n) is 11.8. The predicted molar refractivity (Wildman–Crippen MR) is 185 cm³/mol. The van der Waals surface area contributed by atoms with E-state index in [1.807, 2.05) is 60.9 Å². The molecule has 4 aromatic rings. The van der Waals surface area contributed by atoms with Gasteiger partial charge in [-0.05, 0) is 124 Å². The van der Waals surface area contributed by atoms with E-state index in [-0.39, 0.29) is 17.5 Å². The summed E-state index contributed by atoms with van der Waals surface area (Å²) in [6, 6.07) is 17.5. The number of pyridine rings is 3. The van der Waals surface area contributed by atoms with E-state index in [0.29, 0.717) is 51.5 Å². The third-order valence-corrected chi connectivity index (χ3v) is 12.5. The van der Waals surface area contributed by atoms with E-state index in [0.717, 1.165) is 49.7 Å². The van der Waals surface area contributed by atoms with E-state index in [1.165, 1.54) is 37.6 Å². The Morgan fingerprint density at radius 3 is 2.62 bits per heavy atom. The van der Waals surface area contributed by atoms with Crippen LogP contribution in [0.2, 0.25) is 0 Å². The molecular weight excluding hydrogens is 621 g/mol. The maximum absolute atomic E-state index is 13.8. The highest BCUT2D eigenvalue weighted by atomic mass is 32.2. The highest BCUT2D eigenvalue weighted by Crippen LogP contribution is 2.93. The topological polar surface area (TPSA) is 110 Å². The van der Waals surface area contributed by atoms with Crippen LogP contribution in [0.1, 0.15) is 87.3 Å². The predicted octanol–water partition coefficient (Wildman–Crippen LogP) is 7.01. The molecule has 4 bridgehead atoms. The number of nitrogens with one attached hydrogen (secondary N) is 2. The summed E-state index contributed by atoms with van der Waals surface area (Å²) in [4.78, 5) is 30.7. The smallest absolute Gasteiger partial charge is 0.265 e. The second-order valence-corrected chi connectivity index (χ2v) is 15.9. The van der Waals surface area contributed by atoms with E-state index >= 15 is 0 Å². The van der Waals surface area contributed by atoms with E-state index in [4.69, 9.17) is 19.8 Å². The molecule has 11 heteroatoms. The van der Waals surface area contributed by atoms with Gasteiger partial charge in [0, 0.05) is 42.5 Å². The van der Waals surface area contributed by atoms with Gasteiger partial charge >= 0.3 is 0 Å². The van der Waals surface area contributed by atoms with Crippen molar-refractivity contribution in [2.45, 2.75) is 81.8 Å². The zero-order valence-electron chi connectivity index (χ0n) is 27.6. The molecule has 2 aliphatic heterocycles. The van der Waals surface area contributed by atoms with Crippen molar-refractivity contribution in [3.8, 4) is 11.7 Å². The largest absolute Gasteiger partial charge is 0.477 e. The molecule has 48 heavy (non-hydrogen) atoms. The van der Waals surface area contributed by atoms with Gasteiger partial charge in [0.1, 0.15) is 16.7 Å². The molecule has 1 amide bonds. The van der Waals surface area contributed by atoms with Crippen LogP contribution in [0.5, 0.6) is 5.88 Å². The standard InChI is InChI=1S/C37H42N8O2S/c1-35(2)22-24-9-11-27(26-6-3-4-19-38-26)39-29-7-5-8-32(40-29)48-43-34(46)25-10-12-30(41-33(25)44(35)23-24)45-20-13-31(42-45)47-21-14-28-36(15-16-36)37(28)17-18-37/h3-8,10,12-13,19-20,24,27-28H,9,11,14-18,21-23H2,1-2H3,(H,39,40)(H,43,46). The van der Waals surface area contributed by atoms with Gasteiger partial charge in [0.15, 0.2) is 5.82 Å². The van der Waals surface area contributed by atoms with Crippen molar-refractivity contribution < 1.29 is 9.53 Å². The molecular formula is C37H42N8O2S. The fraction of sp³-hybridized carbons (Fsp3) is 0.486. The molecule has 2 atom stereocenters. The fourth-order valence-electron chi connectivity index (χ4n) is 9.21. The number of fused-ring (bicyclic) bond motifs is 7. The molecule has 2 spiro atoms. The highest BCUT2D eigenvalue weighted by Gasteiger charge is 2.85. The number of carbonyl (C=O) groups excluding carboxylic acids is 1. The van der Waals surface area contributed by atoms with Crippen LogP contribution in [0.3, 0.4) is 0 Å². The summed E-state index contributed by atoms with van der Waals surface area (Å²) in [5, 5.41) is 9.07. The Hall–Kier alpha value is -4.12. The Morgan fingerprint density at radius 1 is 0.979 bits per heavy atom. The van der Waals surface area contributed by atoms with Crippen molar-refractivity contribution in [3.63, 3.8) is 0 Å².